The second-order valence-electron chi connectivity index (χ2n) is 5.50. The van der Waals surface area contributed by atoms with E-state index in [1.807, 2.05) is 6.07 Å². The van der Waals surface area contributed by atoms with Gasteiger partial charge in [-0.2, -0.15) is 0 Å². The molecule has 1 fully saturated rings. The van der Waals surface area contributed by atoms with E-state index < -0.39 is 5.92 Å². The van der Waals surface area contributed by atoms with Crippen molar-refractivity contribution < 1.29 is 14.2 Å². The number of nitrogens with one attached hydrogen (secondary N) is 1. The van der Waals surface area contributed by atoms with Crippen LogP contribution in [0.4, 0.5) is 5.82 Å². The Labute approximate surface area is 137 Å². The molecular weight excluding hydrogens is 320 g/mol. The molecule has 0 aliphatic carbocycles. The van der Waals surface area contributed by atoms with Gasteiger partial charge in [0.15, 0.2) is 5.82 Å². The minimum atomic E-state index is -0.540. The van der Waals surface area contributed by atoms with Gasteiger partial charge in [-0.25, -0.2) is 4.63 Å². The Kier molecular flexibility index (Phi) is 4.04. The number of amides is 2. The smallest absolute Gasteiger partial charge is 0.231 e. The van der Waals surface area contributed by atoms with Crippen LogP contribution in [0.1, 0.15) is 23.7 Å². The van der Waals surface area contributed by atoms with Gasteiger partial charge in [0.1, 0.15) is 5.69 Å². The lowest BCUT2D eigenvalue weighted by atomic mass is 9.93. The highest BCUT2D eigenvalue weighted by Gasteiger charge is 2.43. The molecule has 2 aromatic rings. The van der Waals surface area contributed by atoms with Gasteiger partial charge < -0.3 is 10.2 Å². The Bertz CT molecular complexity index is 761. The molecule has 1 aromatic heterocycles. The fourth-order valence-electron chi connectivity index (χ4n) is 2.81. The summed E-state index contributed by atoms with van der Waals surface area (Å²) in [6.07, 6.45) is 0.129. The van der Waals surface area contributed by atoms with E-state index in [1.165, 1.54) is 0 Å². The molecule has 1 N–H and O–H groups in total. The molecule has 0 radical (unpaired) electrons. The number of nitrogens with zero attached hydrogens (tertiary/aromatic N) is 3. The van der Waals surface area contributed by atoms with Gasteiger partial charge in [0, 0.05) is 18.5 Å². The number of likely N-dealkylation sites (tertiary alicyclic amines) is 1. The topological polar surface area (TPSA) is 88.3 Å². The third-order valence-electron chi connectivity index (χ3n) is 4.01. The van der Waals surface area contributed by atoms with Gasteiger partial charge in [-0.05, 0) is 29.8 Å². The van der Waals surface area contributed by atoms with Crippen LogP contribution in [0.15, 0.2) is 28.9 Å². The average Bonchev–Trinajstić information content (AvgIpc) is 3.04. The first-order chi connectivity index (χ1) is 11.0. The van der Waals surface area contributed by atoms with Gasteiger partial charge in [0.05, 0.1) is 12.0 Å². The number of aryl methyl sites for hydroxylation is 1. The fourth-order valence-corrected chi connectivity index (χ4v) is 3.00. The minimum absolute atomic E-state index is 0.0925. The zero-order valence-electron chi connectivity index (χ0n) is 12.6. The molecule has 2 amide bonds. The highest BCUT2D eigenvalue weighted by atomic mass is 35.5. The second-order valence-corrected chi connectivity index (χ2v) is 5.94. The molecule has 8 heteroatoms. The Balaban J connectivity index is 1.88. The number of hydrogen-bond donors (Lipinski definition) is 1. The number of rotatable bonds is 3. The number of halogens is 1. The predicted molar refractivity (Wildman–Crippen MR) is 82.7 cm³/mol. The SMILES string of the molecule is Cc1nonc1NC(=O)[C@H]1CC(=O)N(C)[C@@H]1c1cccc(Cl)c1. The van der Waals surface area contributed by atoms with E-state index in [-0.39, 0.29) is 30.1 Å². The predicted octanol–water partition coefficient (Wildman–Crippen LogP) is 2.19. The largest absolute Gasteiger partial charge is 0.338 e. The van der Waals surface area contributed by atoms with Crippen molar-refractivity contribution in [2.24, 2.45) is 5.92 Å². The zero-order valence-corrected chi connectivity index (χ0v) is 13.4. The van der Waals surface area contributed by atoms with Crippen molar-refractivity contribution in [2.75, 3.05) is 12.4 Å². The molecule has 2 heterocycles. The summed E-state index contributed by atoms with van der Waals surface area (Å²) in [4.78, 5) is 26.3. The molecule has 0 bridgehead atoms. The number of hydrogen-bond acceptors (Lipinski definition) is 5. The zero-order chi connectivity index (χ0) is 16.6. The molecule has 1 aliphatic rings. The van der Waals surface area contributed by atoms with E-state index >= 15 is 0 Å². The van der Waals surface area contributed by atoms with Crippen LogP contribution >= 0.6 is 11.6 Å². The summed E-state index contributed by atoms with van der Waals surface area (Å²) in [5.41, 5.74) is 1.30. The normalized spacial score (nSPS) is 20.8. The molecule has 23 heavy (non-hydrogen) atoms. The van der Waals surface area contributed by atoms with Gasteiger partial charge in [0.2, 0.25) is 11.8 Å². The van der Waals surface area contributed by atoms with Gasteiger partial charge >= 0.3 is 0 Å². The number of carbonyl (C=O) groups excluding carboxylic acids is 2. The lowest BCUT2D eigenvalue weighted by Crippen LogP contribution is -2.30. The highest BCUT2D eigenvalue weighted by molar-refractivity contribution is 6.30. The van der Waals surface area contributed by atoms with Crippen molar-refractivity contribution in [2.45, 2.75) is 19.4 Å². The Morgan fingerprint density at radius 3 is 2.87 bits per heavy atom. The Morgan fingerprint density at radius 2 is 2.22 bits per heavy atom. The van der Waals surface area contributed by atoms with Crippen LogP contribution in [0.3, 0.4) is 0 Å². The van der Waals surface area contributed by atoms with Crippen LogP contribution in [-0.4, -0.2) is 34.1 Å². The van der Waals surface area contributed by atoms with Gasteiger partial charge in [-0.1, -0.05) is 28.9 Å². The van der Waals surface area contributed by atoms with E-state index in [1.54, 1.807) is 37.1 Å². The first-order valence-electron chi connectivity index (χ1n) is 7.08. The fraction of sp³-hybridized carbons (Fsp3) is 0.333. The van der Waals surface area contributed by atoms with Crippen molar-refractivity contribution in [3.05, 3.63) is 40.5 Å². The molecular formula is C15H15ClN4O3. The van der Waals surface area contributed by atoms with Crippen LogP contribution in [0, 0.1) is 12.8 Å². The van der Waals surface area contributed by atoms with Crippen molar-refractivity contribution in [1.29, 1.82) is 0 Å². The van der Waals surface area contributed by atoms with Crippen LogP contribution in [0.25, 0.3) is 0 Å². The molecule has 0 unspecified atom stereocenters. The monoisotopic (exact) mass is 334 g/mol. The molecule has 7 nitrogen and oxygen atoms in total. The summed E-state index contributed by atoms with van der Waals surface area (Å²) < 4.78 is 4.57. The highest BCUT2D eigenvalue weighted by Crippen LogP contribution is 2.38. The maximum Gasteiger partial charge on any atom is 0.231 e. The van der Waals surface area contributed by atoms with Crippen LogP contribution in [-0.2, 0) is 9.59 Å². The maximum absolute atomic E-state index is 12.6. The lowest BCUT2D eigenvalue weighted by molar-refractivity contribution is -0.127. The lowest BCUT2D eigenvalue weighted by Gasteiger charge is -2.24. The molecule has 1 saturated heterocycles. The summed E-state index contributed by atoms with van der Waals surface area (Å²) >= 11 is 6.04. The first kappa shape index (κ1) is 15.5. The standard InChI is InChI=1S/C15H15ClN4O3/c1-8-14(19-23-18-8)17-15(22)11-7-12(21)20(2)13(11)9-4-3-5-10(16)6-9/h3-6,11,13H,7H2,1-2H3,(H,17,19,22)/t11-,13+/m0/s1. The van der Waals surface area contributed by atoms with E-state index in [0.717, 1.165) is 5.56 Å². The van der Waals surface area contributed by atoms with Gasteiger partial charge in [-0.15, -0.1) is 0 Å². The number of benzene rings is 1. The van der Waals surface area contributed by atoms with Crippen molar-refractivity contribution in [1.82, 2.24) is 15.2 Å². The molecule has 3 rings (SSSR count). The molecule has 1 aliphatic heterocycles. The van der Waals surface area contributed by atoms with E-state index in [0.29, 0.717) is 10.7 Å². The summed E-state index contributed by atoms with van der Waals surface area (Å²) in [6, 6.07) is 6.80. The van der Waals surface area contributed by atoms with Gasteiger partial charge in [-0.3, -0.25) is 9.59 Å². The molecule has 0 saturated carbocycles. The molecule has 1 aromatic carbocycles. The molecule has 2 atom stereocenters. The Morgan fingerprint density at radius 1 is 1.43 bits per heavy atom. The van der Waals surface area contributed by atoms with Crippen molar-refractivity contribution in [3.63, 3.8) is 0 Å². The second kappa shape index (κ2) is 6.00. The van der Waals surface area contributed by atoms with Crippen LogP contribution in [0.2, 0.25) is 5.02 Å². The van der Waals surface area contributed by atoms with E-state index in [2.05, 4.69) is 20.3 Å². The first-order valence-corrected chi connectivity index (χ1v) is 7.46. The summed E-state index contributed by atoms with van der Waals surface area (Å²) in [5, 5.41) is 10.5. The number of carbonyl (C=O) groups is 2. The molecule has 0 spiro atoms. The number of anilines is 1. The summed E-state index contributed by atoms with van der Waals surface area (Å²) in [5.74, 6) is -0.666. The third kappa shape index (κ3) is 2.92. The summed E-state index contributed by atoms with van der Waals surface area (Å²) in [6.45, 7) is 1.67. The Hall–Kier alpha value is -2.41. The van der Waals surface area contributed by atoms with Crippen LogP contribution < -0.4 is 5.32 Å². The van der Waals surface area contributed by atoms with Crippen molar-refractivity contribution >= 4 is 29.2 Å². The van der Waals surface area contributed by atoms with Gasteiger partial charge in [0.25, 0.3) is 0 Å². The minimum Gasteiger partial charge on any atom is -0.338 e. The van der Waals surface area contributed by atoms with E-state index in [4.69, 9.17) is 11.6 Å². The van der Waals surface area contributed by atoms with E-state index in [9.17, 15) is 9.59 Å². The van der Waals surface area contributed by atoms with Crippen LogP contribution in [0.5, 0.6) is 0 Å². The summed E-state index contributed by atoms with van der Waals surface area (Å²) in [7, 11) is 1.68. The molecule has 120 valence electrons. The number of aromatic nitrogens is 2. The quantitative estimate of drug-likeness (QED) is 0.929. The average molecular weight is 335 g/mol. The van der Waals surface area contributed by atoms with Crippen molar-refractivity contribution in [3.8, 4) is 0 Å². The third-order valence-corrected chi connectivity index (χ3v) is 4.24. The maximum atomic E-state index is 12.6.